The standard InChI is InChI=1S/C54H39NOP2Si/c1-5-19-41(20-6-1)57(42-21-7-2-8-22-42)43-34-36-44(37-35-43)58-51-31-17-18-32-53(51)59(45-23-9-3-10-24-45,46-25-11-4-12-26-46)54-39-40(33-38-52(54)58)55-47-27-13-15-29-49(47)56-50-30-16-14-28-48(50)55/h1-39H. The summed E-state index contributed by atoms with van der Waals surface area (Å²) in [4.78, 5) is 2.40. The zero-order valence-electron chi connectivity index (χ0n) is 32.3. The maximum absolute atomic E-state index is 6.50. The first-order chi connectivity index (χ1) is 29.3. The van der Waals surface area contributed by atoms with E-state index in [0.29, 0.717) is 0 Å². The molecule has 2 aliphatic rings. The SMILES string of the molecule is c1ccc(P(c2ccccc2)c2ccc(P3c4ccccc4[Si](c4ccccc4)(c4ccccc4)c4cc(N5c6ccccc6Oc6ccccc65)ccc43)cc2)cc1. The summed E-state index contributed by atoms with van der Waals surface area (Å²) in [5.41, 5.74) is 3.22. The first-order valence-electron chi connectivity index (χ1n) is 20.1. The molecule has 0 N–H and O–H groups in total. The van der Waals surface area contributed by atoms with E-state index >= 15 is 0 Å². The van der Waals surface area contributed by atoms with Crippen LogP contribution in [0.2, 0.25) is 0 Å². The van der Waals surface area contributed by atoms with Gasteiger partial charge in [0.15, 0.2) is 19.6 Å². The normalized spacial score (nSPS) is 14.7. The van der Waals surface area contributed by atoms with Crippen molar-refractivity contribution in [3.8, 4) is 11.5 Å². The molecule has 280 valence electrons. The molecule has 0 radical (unpaired) electrons. The zero-order valence-corrected chi connectivity index (χ0v) is 35.1. The lowest BCUT2D eigenvalue weighted by molar-refractivity contribution is 0.477. The van der Waals surface area contributed by atoms with Crippen LogP contribution in [-0.4, -0.2) is 8.07 Å². The average Bonchev–Trinajstić information content (AvgIpc) is 3.31. The van der Waals surface area contributed by atoms with E-state index in [9.17, 15) is 0 Å². The first-order valence-corrected chi connectivity index (χ1v) is 24.8. The monoisotopic (exact) mass is 807 g/mol. The summed E-state index contributed by atoms with van der Waals surface area (Å²) in [6, 6.07) is 88.0. The average molecular weight is 808 g/mol. The minimum Gasteiger partial charge on any atom is -0.453 e. The van der Waals surface area contributed by atoms with Crippen LogP contribution < -0.4 is 62.2 Å². The molecule has 0 fully saturated rings. The van der Waals surface area contributed by atoms with Crippen LogP contribution in [0.3, 0.4) is 0 Å². The number of anilines is 3. The van der Waals surface area contributed by atoms with Gasteiger partial charge in [0.1, 0.15) is 0 Å². The van der Waals surface area contributed by atoms with E-state index in [1.807, 2.05) is 0 Å². The summed E-state index contributed by atoms with van der Waals surface area (Å²) in [6.07, 6.45) is 0. The number of rotatable bonds is 7. The number of hydrogen-bond acceptors (Lipinski definition) is 2. The Morgan fingerprint density at radius 2 is 0.847 bits per heavy atom. The Labute approximate surface area is 349 Å². The molecule has 2 heterocycles. The second kappa shape index (κ2) is 15.1. The molecular formula is C54H39NOP2Si. The van der Waals surface area contributed by atoms with E-state index in [2.05, 4.69) is 241 Å². The van der Waals surface area contributed by atoms with Crippen LogP contribution in [0.5, 0.6) is 11.5 Å². The van der Waals surface area contributed by atoms with Crippen LogP contribution in [0.25, 0.3) is 0 Å². The molecule has 2 aliphatic heterocycles. The molecule has 9 aromatic carbocycles. The van der Waals surface area contributed by atoms with Crippen LogP contribution in [0.15, 0.2) is 237 Å². The van der Waals surface area contributed by atoms with Gasteiger partial charge in [-0.25, -0.2) is 0 Å². The van der Waals surface area contributed by atoms with E-state index in [1.165, 1.54) is 52.6 Å². The summed E-state index contributed by atoms with van der Waals surface area (Å²) in [7, 11) is -4.51. The summed E-state index contributed by atoms with van der Waals surface area (Å²) in [5.74, 6) is 1.72. The Morgan fingerprint density at radius 3 is 1.42 bits per heavy atom. The van der Waals surface area contributed by atoms with Gasteiger partial charge < -0.3 is 9.64 Å². The maximum atomic E-state index is 6.50. The van der Waals surface area contributed by atoms with Crippen molar-refractivity contribution in [2.45, 2.75) is 0 Å². The molecule has 59 heavy (non-hydrogen) atoms. The number of para-hydroxylation sites is 4. The molecule has 11 rings (SSSR count). The molecule has 9 aromatic rings. The Balaban J connectivity index is 1.16. The molecule has 1 atom stereocenters. The molecule has 0 amide bonds. The molecule has 5 heteroatoms. The highest BCUT2D eigenvalue weighted by molar-refractivity contribution is 7.82. The number of ether oxygens (including phenoxy) is 1. The van der Waals surface area contributed by atoms with Crippen molar-refractivity contribution in [2.24, 2.45) is 0 Å². The highest BCUT2D eigenvalue weighted by Gasteiger charge is 2.49. The Morgan fingerprint density at radius 1 is 0.390 bits per heavy atom. The Bertz CT molecular complexity index is 2800. The topological polar surface area (TPSA) is 12.5 Å². The van der Waals surface area contributed by atoms with Crippen LogP contribution in [-0.2, 0) is 0 Å². The van der Waals surface area contributed by atoms with Gasteiger partial charge in [-0.05, 0) is 105 Å². The molecule has 0 bridgehead atoms. The third kappa shape index (κ3) is 6.00. The van der Waals surface area contributed by atoms with Crippen molar-refractivity contribution >= 4 is 93.6 Å². The smallest absolute Gasteiger partial charge is 0.181 e. The highest BCUT2D eigenvalue weighted by atomic mass is 31.1. The van der Waals surface area contributed by atoms with E-state index in [4.69, 9.17) is 4.74 Å². The van der Waals surface area contributed by atoms with Gasteiger partial charge in [-0.3, -0.25) is 0 Å². The van der Waals surface area contributed by atoms with E-state index < -0.39 is 23.9 Å². The van der Waals surface area contributed by atoms with Gasteiger partial charge >= 0.3 is 0 Å². The van der Waals surface area contributed by atoms with Crippen LogP contribution in [0.1, 0.15) is 0 Å². The fourth-order valence-corrected chi connectivity index (χ4v) is 20.4. The minimum atomic E-state index is -2.88. The molecule has 1 unspecified atom stereocenters. The molecule has 0 aliphatic carbocycles. The van der Waals surface area contributed by atoms with Gasteiger partial charge in [-0.2, -0.15) is 0 Å². The Hall–Kier alpha value is -6.34. The molecule has 2 nitrogen and oxygen atoms in total. The lowest BCUT2D eigenvalue weighted by Crippen LogP contribution is -2.81. The highest BCUT2D eigenvalue weighted by Crippen LogP contribution is 2.50. The van der Waals surface area contributed by atoms with Crippen molar-refractivity contribution in [1.82, 2.24) is 0 Å². The molecule has 0 aromatic heterocycles. The van der Waals surface area contributed by atoms with Gasteiger partial charge in [0, 0.05) is 5.69 Å². The second-order valence-electron chi connectivity index (χ2n) is 14.9. The third-order valence-electron chi connectivity index (χ3n) is 11.7. The van der Waals surface area contributed by atoms with Gasteiger partial charge in [0.05, 0.1) is 11.4 Å². The van der Waals surface area contributed by atoms with Gasteiger partial charge in [-0.15, -0.1) is 0 Å². The second-order valence-corrected chi connectivity index (χ2v) is 23.0. The maximum Gasteiger partial charge on any atom is 0.181 e. The lowest BCUT2D eigenvalue weighted by Gasteiger charge is -2.44. The fourth-order valence-electron chi connectivity index (χ4n) is 9.20. The minimum absolute atomic E-state index is 0.713. The number of benzene rings is 9. The predicted octanol–water partition coefficient (Wildman–Crippen LogP) is 8.47. The summed E-state index contributed by atoms with van der Waals surface area (Å²) >= 11 is 0. The molecule has 0 saturated heterocycles. The summed E-state index contributed by atoms with van der Waals surface area (Å²) in [6.45, 7) is 0. The van der Waals surface area contributed by atoms with Crippen LogP contribution in [0, 0.1) is 0 Å². The van der Waals surface area contributed by atoms with Gasteiger partial charge in [0.2, 0.25) is 0 Å². The molecular weight excluding hydrogens is 769 g/mol. The number of nitrogens with zero attached hydrogens (tertiary/aromatic N) is 1. The molecule has 0 spiro atoms. The lowest BCUT2D eigenvalue weighted by atomic mass is 10.1. The van der Waals surface area contributed by atoms with E-state index in [1.54, 1.807) is 0 Å². The first kappa shape index (κ1) is 35.8. The van der Waals surface area contributed by atoms with E-state index in [0.717, 1.165) is 28.6 Å². The summed E-state index contributed by atoms with van der Waals surface area (Å²) < 4.78 is 6.50. The largest absolute Gasteiger partial charge is 0.453 e. The Kier molecular flexibility index (Phi) is 9.17. The van der Waals surface area contributed by atoms with Crippen LogP contribution >= 0.6 is 15.8 Å². The van der Waals surface area contributed by atoms with Gasteiger partial charge in [-0.1, -0.05) is 200 Å². The van der Waals surface area contributed by atoms with Crippen molar-refractivity contribution < 1.29 is 4.74 Å². The molecule has 0 saturated carbocycles. The fraction of sp³-hybridized carbons (Fsp3) is 0. The van der Waals surface area contributed by atoms with Crippen molar-refractivity contribution in [2.75, 3.05) is 4.90 Å². The van der Waals surface area contributed by atoms with Crippen molar-refractivity contribution in [3.05, 3.63) is 237 Å². The van der Waals surface area contributed by atoms with E-state index in [-0.39, 0.29) is 0 Å². The zero-order chi connectivity index (χ0) is 39.2. The predicted molar refractivity (Wildman–Crippen MR) is 256 cm³/mol. The van der Waals surface area contributed by atoms with Crippen LogP contribution in [0.4, 0.5) is 17.1 Å². The van der Waals surface area contributed by atoms with Crippen molar-refractivity contribution in [1.29, 1.82) is 0 Å². The summed E-state index contributed by atoms with van der Waals surface area (Å²) in [5, 5.41) is 14.0. The van der Waals surface area contributed by atoms with Crippen molar-refractivity contribution in [3.63, 3.8) is 0 Å². The third-order valence-corrected chi connectivity index (χ3v) is 22.0. The number of hydrogen-bond donors (Lipinski definition) is 0. The van der Waals surface area contributed by atoms with Gasteiger partial charge in [0.25, 0.3) is 0 Å². The quantitative estimate of drug-likeness (QED) is 0.119. The number of fused-ring (bicyclic) bond motifs is 4.